The topological polar surface area (TPSA) is 49.3 Å². The van der Waals surface area contributed by atoms with Crippen molar-refractivity contribution in [1.29, 1.82) is 0 Å². The van der Waals surface area contributed by atoms with E-state index >= 15 is 0 Å². The number of nitrogens with one attached hydrogen (secondary N) is 1. The molecule has 0 bridgehead atoms. The van der Waals surface area contributed by atoms with E-state index in [0.717, 1.165) is 15.7 Å². The molecular formula is C16H19NO2S. The molecule has 0 unspecified atom stereocenters. The number of amides is 1. The standard InChI is InChI=1S/C16H19NO2S/c1-11(2)9-17-16(19)10-20-15-8-7-14(18)12-5-3-4-6-13(12)15/h3-8,11,18H,9-10H2,1-2H3,(H,17,19). The highest BCUT2D eigenvalue weighted by atomic mass is 32.2. The van der Waals surface area contributed by atoms with Crippen LogP contribution in [-0.4, -0.2) is 23.3 Å². The van der Waals surface area contributed by atoms with Gasteiger partial charge in [-0.15, -0.1) is 11.8 Å². The van der Waals surface area contributed by atoms with Gasteiger partial charge in [-0.3, -0.25) is 4.79 Å². The zero-order chi connectivity index (χ0) is 14.5. The Bertz CT molecular complexity index is 610. The minimum absolute atomic E-state index is 0.0425. The van der Waals surface area contributed by atoms with E-state index in [0.29, 0.717) is 18.2 Å². The first-order chi connectivity index (χ1) is 9.58. The number of thioether (sulfide) groups is 1. The zero-order valence-electron chi connectivity index (χ0n) is 11.7. The number of fused-ring (bicyclic) bond motifs is 1. The molecule has 106 valence electrons. The number of carbonyl (C=O) groups excluding carboxylic acids is 1. The number of phenols is 1. The van der Waals surface area contributed by atoms with Gasteiger partial charge < -0.3 is 10.4 Å². The first-order valence-electron chi connectivity index (χ1n) is 6.68. The molecule has 0 saturated heterocycles. The molecule has 2 rings (SSSR count). The van der Waals surface area contributed by atoms with Crippen LogP contribution in [0.4, 0.5) is 0 Å². The maximum absolute atomic E-state index is 11.7. The Morgan fingerprint density at radius 3 is 2.60 bits per heavy atom. The molecular weight excluding hydrogens is 270 g/mol. The fraction of sp³-hybridized carbons (Fsp3) is 0.312. The smallest absolute Gasteiger partial charge is 0.230 e. The summed E-state index contributed by atoms with van der Waals surface area (Å²) in [7, 11) is 0. The van der Waals surface area contributed by atoms with Crippen molar-refractivity contribution in [2.45, 2.75) is 18.7 Å². The van der Waals surface area contributed by atoms with Crippen molar-refractivity contribution in [2.75, 3.05) is 12.3 Å². The molecule has 0 spiro atoms. The lowest BCUT2D eigenvalue weighted by Crippen LogP contribution is -2.28. The molecule has 4 heteroatoms. The first kappa shape index (κ1) is 14.7. The van der Waals surface area contributed by atoms with Crippen molar-refractivity contribution >= 4 is 28.4 Å². The van der Waals surface area contributed by atoms with Crippen LogP contribution in [0.15, 0.2) is 41.3 Å². The quantitative estimate of drug-likeness (QED) is 0.829. The molecule has 0 radical (unpaired) electrons. The van der Waals surface area contributed by atoms with Gasteiger partial charge in [0.05, 0.1) is 5.75 Å². The summed E-state index contributed by atoms with van der Waals surface area (Å²) in [4.78, 5) is 12.8. The summed E-state index contributed by atoms with van der Waals surface area (Å²) in [5, 5.41) is 14.5. The molecule has 2 aromatic carbocycles. The van der Waals surface area contributed by atoms with Gasteiger partial charge in [0.1, 0.15) is 5.75 Å². The minimum Gasteiger partial charge on any atom is -0.507 e. The van der Waals surface area contributed by atoms with Crippen LogP contribution in [0, 0.1) is 5.92 Å². The van der Waals surface area contributed by atoms with E-state index in [1.807, 2.05) is 30.3 Å². The summed E-state index contributed by atoms with van der Waals surface area (Å²) in [5.74, 6) is 1.16. The van der Waals surface area contributed by atoms with Gasteiger partial charge in [-0.1, -0.05) is 38.1 Å². The van der Waals surface area contributed by atoms with Crippen molar-refractivity contribution in [2.24, 2.45) is 5.92 Å². The van der Waals surface area contributed by atoms with Crippen molar-refractivity contribution < 1.29 is 9.90 Å². The number of aromatic hydroxyl groups is 1. The van der Waals surface area contributed by atoms with Crippen LogP contribution >= 0.6 is 11.8 Å². The minimum atomic E-state index is 0.0425. The molecule has 0 fully saturated rings. The molecule has 0 saturated carbocycles. The van der Waals surface area contributed by atoms with Gasteiger partial charge in [-0.25, -0.2) is 0 Å². The second-order valence-electron chi connectivity index (χ2n) is 5.12. The zero-order valence-corrected chi connectivity index (χ0v) is 12.5. The molecule has 0 aliphatic heterocycles. The van der Waals surface area contributed by atoms with Gasteiger partial charge in [-0.2, -0.15) is 0 Å². The van der Waals surface area contributed by atoms with Gasteiger partial charge in [0, 0.05) is 16.8 Å². The highest BCUT2D eigenvalue weighted by Gasteiger charge is 2.08. The Balaban J connectivity index is 2.07. The van der Waals surface area contributed by atoms with E-state index in [2.05, 4.69) is 19.2 Å². The fourth-order valence-electron chi connectivity index (χ4n) is 1.89. The van der Waals surface area contributed by atoms with E-state index in [4.69, 9.17) is 0 Å². The van der Waals surface area contributed by atoms with Crippen molar-refractivity contribution in [3.05, 3.63) is 36.4 Å². The number of phenolic OH excluding ortho intramolecular Hbond substituents is 1. The largest absolute Gasteiger partial charge is 0.507 e. The normalized spacial score (nSPS) is 10.9. The molecule has 20 heavy (non-hydrogen) atoms. The predicted octanol–water partition coefficient (Wildman–Crippen LogP) is 3.41. The highest BCUT2D eigenvalue weighted by molar-refractivity contribution is 8.00. The average molecular weight is 289 g/mol. The molecule has 3 nitrogen and oxygen atoms in total. The van der Waals surface area contributed by atoms with E-state index in [1.165, 1.54) is 11.8 Å². The van der Waals surface area contributed by atoms with Crippen molar-refractivity contribution in [1.82, 2.24) is 5.32 Å². The molecule has 0 aromatic heterocycles. The monoisotopic (exact) mass is 289 g/mol. The lowest BCUT2D eigenvalue weighted by atomic mass is 10.1. The predicted molar refractivity (Wildman–Crippen MR) is 84.2 cm³/mol. The summed E-state index contributed by atoms with van der Waals surface area (Å²) >= 11 is 1.50. The Hall–Kier alpha value is -1.68. The third kappa shape index (κ3) is 3.67. The number of rotatable bonds is 5. The van der Waals surface area contributed by atoms with Gasteiger partial charge >= 0.3 is 0 Å². The van der Waals surface area contributed by atoms with E-state index in [9.17, 15) is 9.90 Å². The Morgan fingerprint density at radius 1 is 1.20 bits per heavy atom. The third-order valence-electron chi connectivity index (χ3n) is 2.93. The highest BCUT2D eigenvalue weighted by Crippen LogP contribution is 2.33. The van der Waals surface area contributed by atoms with Crippen LogP contribution in [-0.2, 0) is 4.79 Å². The Labute approximate surface area is 123 Å². The van der Waals surface area contributed by atoms with Crippen LogP contribution < -0.4 is 5.32 Å². The van der Waals surface area contributed by atoms with Gasteiger partial charge in [0.2, 0.25) is 5.91 Å². The summed E-state index contributed by atoms with van der Waals surface area (Å²) in [6, 6.07) is 11.2. The number of hydrogen-bond donors (Lipinski definition) is 2. The van der Waals surface area contributed by atoms with Crippen LogP contribution in [0.25, 0.3) is 10.8 Å². The van der Waals surface area contributed by atoms with Gasteiger partial charge in [0.15, 0.2) is 0 Å². The lowest BCUT2D eigenvalue weighted by molar-refractivity contribution is -0.118. The summed E-state index contributed by atoms with van der Waals surface area (Å²) in [6.07, 6.45) is 0. The summed E-state index contributed by atoms with van der Waals surface area (Å²) in [6.45, 7) is 4.84. The summed E-state index contributed by atoms with van der Waals surface area (Å²) in [5.41, 5.74) is 0. The SMILES string of the molecule is CC(C)CNC(=O)CSc1ccc(O)c2ccccc12. The average Bonchev–Trinajstić information content (AvgIpc) is 2.45. The number of benzene rings is 2. The van der Waals surface area contributed by atoms with E-state index < -0.39 is 0 Å². The first-order valence-corrected chi connectivity index (χ1v) is 7.66. The van der Waals surface area contributed by atoms with Gasteiger partial charge in [-0.05, 0) is 23.4 Å². The molecule has 2 N–H and O–H groups in total. The molecule has 0 atom stereocenters. The second kappa shape index (κ2) is 6.66. The van der Waals surface area contributed by atoms with E-state index in [1.54, 1.807) is 6.07 Å². The van der Waals surface area contributed by atoms with Crippen molar-refractivity contribution in [3.63, 3.8) is 0 Å². The molecule has 0 aliphatic rings. The Morgan fingerprint density at radius 2 is 1.90 bits per heavy atom. The van der Waals surface area contributed by atoms with Crippen LogP contribution in [0.5, 0.6) is 5.75 Å². The Kier molecular flexibility index (Phi) is 4.90. The van der Waals surface area contributed by atoms with Gasteiger partial charge in [0.25, 0.3) is 0 Å². The maximum atomic E-state index is 11.7. The molecule has 0 aliphatic carbocycles. The summed E-state index contributed by atoms with van der Waals surface area (Å²) < 4.78 is 0. The molecule has 0 heterocycles. The number of hydrogen-bond acceptors (Lipinski definition) is 3. The molecule has 1 amide bonds. The van der Waals surface area contributed by atoms with E-state index in [-0.39, 0.29) is 11.7 Å². The second-order valence-corrected chi connectivity index (χ2v) is 6.13. The number of carbonyl (C=O) groups is 1. The lowest BCUT2D eigenvalue weighted by Gasteiger charge is -2.09. The van der Waals surface area contributed by atoms with Crippen LogP contribution in [0.3, 0.4) is 0 Å². The third-order valence-corrected chi connectivity index (χ3v) is 4.00. The van der Waals surface area contributed by atoms with Crippen LogP contribution in [0.2, 0.25) is 0 Å². The van der Waals surface area contributed by atoms with Crippen molar-refractivity contribution in [3.8, 4) is 5.75 Å². The fourth-order valence-corrected chi connectivity index (χ4v) is 2.78. The maximum Gasteiger partial charge on any atom is 0.230 e. The van der Waals surface area contributed by atoms with Crippen LogP contribution in [0.1, 0.15) is 13.8 Å². The molecule has 2 aromatic rings.